The first-order valence-electron chi connectivity index (χ1n) is 16.2. The minimum atomic E-state index is -4.66. The van der Waals surface area contributed by atoms with Crippen LogP contribution in [0.1, 0.15) is 66.6 Å². The number of ether oxygens (including phenoxy) is 2. The van der Waals surface area contributed by atoms with E-state index in [2.05, 4.69) is 20.7 Å². The van der Waals surface area contributed by atoms with Gasteiger partial charge in [-0.25, -0.2) is 23.6 Å². The number of imidazole rings is 1. The van der Waals surface area contributed by atoms with Crippen molar-refractivity contribution < 1.29 is 46.1 Å². The van der Waals surface area contributed by atoms with E-state index in [-0.39, 0.29) is 57.0 Å². The molecule has 1 atom stereocenters. The van der Waals surface area contributed by atoms with E-state index in [4.69, 9.17) is 14.5 Å². The number of esters is 1. The van der Waals surface area contributed by atoms with E-state index in [1.165, 1.54) is 50.7 Å². The summed E-state index contributed by atoms with van der Waals surface area (Å²) in [6.07, 6.45) is -1.73. The summed E-state index contributed by atoms with van der Waals surface area (Å²) in [6.45, 7) is 3.53. The highest BCUT2D eigenvalue weighted by molar-refractivity contribution is 6.02. The van der Waals surface area contributed by atoms with Gasteiger partial charge >= 0.3 is 18.2 Å². The second-order valence-corrected chi connectivity index (χ2v) is 13.0. The molecule has 17 heteroatoms. The van der Waals surface area contributed by atoms with Crippen molar-refractivity contribution in [2.24, 2.45) is 5.41 Å². The van der Waals surface area contributed by atoms with Gasteiger partial charge in [0, 0.05) is 40.1 Å². The largest absolute Gasteiger partial charge is 0.618 e. The highest BCUT2D eigenvalue weighted by atomic mass is 19.4. The van der Waals surface area contributed by atoms with Crippen LogP contribution in [0.3, 0.4) is 0 Å². The van der Waals surface area contributed by atoms with Crippen molar-refractivity contribution >= 4 is 29.3 Å². The molecule has 0 fully saturated rings. The second kappa shape index (κ2) is 14.0. The number of aromatic nitrogens is 5. The summed E-state index contributed by atoms with van der Waals surface area (Å²) in [5.41, 5.74) is -0.478. The third-order valence-electron chi connectivity index (χ3n) is 9.03. The fourth-order valence-corrected chi connectivity index (χ4v) is 6.14. The normalized spacial score (nSPS) is 15.7. The van der Waals surface area contributed by atoms with Crippen LogP contribution in [0.25, 0.3) is 28.1 Å². The molecule has 276 valence electrons. The molecule has 0 saturated carbocycles. The van der Waals surface area contributed by atoms with Gasteiger partial charge in [-0.3, -0.25) is 10.1 Å². The van der Waals surface area contributed by atoms with Gasteiger partial charge in [-0.2, -0.15) is 23.0 Å². The summed E-state index contributed by atoms with van der Waals surface area (Å²) in [5.74, 6) is -2.36. The quantitative estimate of drug-likeness (QED) is 0.0754. The predicted octanol–water partition coefficient (Wildman–Crippen LogP) is 6.97. The number of nitrogens with zero attached hydrogens (tertiary/aromatic N) is 4. The van der Waals surface area contributed by atoms with Crippen molar-refractivity contribution in [3.8, 4) is 28.1 Å². The van der Waals surface area contributed by atoms with Gasteiger partial charge in [-0.1, -0.05) is 20.3 Å². The smallest absolute Gasteiger partial charge is 0.419 e. The van der Waals surface area contributed by atoms with Crippen LogP contribution in [-0.4, -0.2) is 51.9 Å². The lowest BCUT2D eigenvalue weighted by molar-refractivity contribution is -0.614. The Bertz CT molecular complexity index is 2230. The van der Waals surface area contributed by atoms with E-state index < -0.39 is 41.0 Å². The minimum Gasteiger partial charge on any atom is -0.618 e. The Morgan fingerprint density at radius 1 is 1.08 bits per heavy atom. The molecule has 0 spiro atoms. The molecule has 13 nitrogen and oxygen atoms in total. The highest BCUT2D eigenvalue weighted by Gasteiger charge is 2.35. The summed E-state index contributed by atoms with van der Waals surface area (Å²) < 4.78 is 65.8. The number of anilines is 2. The Balaban J connectivity index is 1.47. The van der Waals surface area contributed by atoms with Gasteiger partial charge in [0.1, 0.15) is 23.3 Å². The fraction of sp³-hybridized carbons (Fsp3) is 0.278. The predicted molar refractivity (Wildman–Crippen MR) is 182 cm³/mol. The maximum atomic E-state index is 14.5. The first kappa shape index (κ1) is 36.5. The monoisotopic (exact) mass is 735 g/mol. The third kappa shape index (κ3) is 7.40. The van der Waals surface area contributed by atoms with Gasteiger partial charge in [0.25, 0.3) is 0 Å². The Kier molecular flexibility index (Phi) is 9.68. The van der Waals surface area contributed by atoms with Crippen molar-refractivity contribution in [2.75, 3.05) is 24.9 Å². The number of fused-ring (bicyclic) bond motifs is 4. The molecule has 5 aromatic rings. The zero-order chi connectivity index (χ0) is 38.2. The molecule has 2 amide bonds. The summed E-state index contributed by atoms with van der Waals surface area (Å²) in [6, 6.07) is 11.0. The molecule has 1 aliphatic heterocycles. The first-order chi connectivity index (χ1) is 25.1. The first-order valence-corrected chi connectivity index (χ1v) is 16.2. The van der Waals surface area contributed by atoms with Crippen molar-refractivity contribution in [2.45, 2.75) is 45.2 Å². The Morgan fingerprint density at radius 2 is 1.85 bits per heavy atom. The van der Waals surface area contributed by atoms with Crippen molar-refractivity contribution in [3.63, 3.8) is 0 Å². The zero-order valence-corrected chi connectivity index (χ0v) is 28.8. The number of methoxy groups -OCH3 is 2. The van der Waals surface area contributed by atoms with E-state index in [9.17, 15) is 37.2 Å². The van der Waals surface area contributed by atoms with Gasteiger partial charge in [0.05, 0.1) is 37.4 Å². The molecule has 0 unspecified atom stereocenters. The molecule has 1 aliphatic rings. The lowest BCUT2D eigenvalue weighted by Crippen LogP contribution is -2.34. The average Bonchev–Trinajstić information content (AvgIpc) is 3.79. The van der Waals surface area contributed by atoms with Crippen molar-refractivity contribution in [1.29, 1.82) is 0 Å². The molecular formula is C36H33F4N7O6. The number of rotatable bonds is 5. The standard InChI is InChI=1S/C36H33F4N7O6/c1-35(2)13-5-6-24(28-11-7-19(17-47(28)51)25-14-21(37)8-12-27(25)46-18-20(16-41-46)36(38,39)40)31-44-29(30(45-31)32(48)52-3)23-10-9-22(42-34(50)53-4)15-26(23)43-33(35)49/h7-12,14-18,24H,5-6,13H2,1-4H3,(H,42,50)(H,43,49)(H,44,45)/t24-/m1/s1. The average molecular weight is 736 g/mol. The number of benzene rings is 2. The van der Waals surface area contributed by atoms with Crippen LogP contribution in [0.2, 0.25) is 0 Å². The molecular weight excluding hydrogens is 702 g/mol. The number of H-pyrrole nitrogens is 1. The molecule has 0 radical (unpaired) electrons. The number of hydrogen-bond donors (Lipinski definition) is 3. The maximum absolute atomic E-state index is 14.5. The number of aromatic amines is 1. The number of alkyl halides is 3. The van der Waals surface area contributed by atoms with Crippen molar-refractivity contribution in [3.05, 3.63) is 101 Å². The highest BCUT2D eigenvalue weighted by Crippen LogP contribution is 2.39. The van der Waals surface area contributed by atoms with Crippen LogP contribution >= 0.6 is 0 Å². The van der Waals surface area contributed by atoms with E-state index >= 15 is 0 Å². The molecule has 2 aromatic carbocycles. The van der Waals surface area contributed by atoms with Gasteiger partial charge in [0.2, 0.25) is 11.6 Å². The maximum Gasteiger partial charge on any atom is 0.419 e. The number of carbonyl (C=O) groups excluding carboxylic acids is 3. The van der Waals surface area contributed by atoms with E-state index in [0.29, 0.717) is 35.8 Å². The SMILES string of the molecule is COC(=O)Nc1ccc2c(c1)NC(=O)C(C)(C)CCC[C@H](c1ccc(-c3cc(F)ccc3-n3cc(C(F)(F)F)cn3)c[n+]1[O-])c1nc-2c(C(=O)OC)[nH]1. The van der Waals surface area contributed by atoms with Crippen LogP contribution < -0.4 is 15.4 Å². The molecule has 6 rings (SSSR count). The Labute approximate surface area is 299 Å². The van der Waals surface area contributed by atoms with Gasteiger partial charge in [-0.05, 0) is 55.3 Å². The van der Waals surface area contributed by atoms with Gasteiger partial charge in [0.15, 0.2) is 11.9 Å². The van der Waals surface area contributed by atoms with E-state index in [1.54, 1.807) is 19.9 Å². The molecule has 4 heterocycles. The molecule has 0 saturated heterocycles. The number of hydrogen-bond acceptors (Lipinski definition) is 8. The van der Waals surface area contributed by atoms with E-state index in [1.807, 2.05) is 0 Å². The molecule has 0 aliphatic carbocycles. The number of nitrogens with one attached hydrogen (secondary N) is 3. The Morgan fingerprint density at radius 3 is 2.53 bits per heavy atom. The minimum absolute atomic E-state index is 0.0638. The molecule has 3 aromatic heterocycles. The third-order valence-corrected chi connectivity index (χ3v) is 9.03. The number of halogens is 4. The molecule has 53 heavy (non-hydrogen) atoms. The lowest BCUT2D eigenvalue weighted by atomic mass is 9.83. The summed E-state index contributed by atoms with van der Waals surface area (Å²) in [5, 5.41) is 23.1. The number of carbonyl (C=O) groups is 3. The van der Waals surface area contributed by atoms with Gasteiger partial charge in [-0.15, -0.1) is 0 Å². The van der Waals surface area contributed by atoms with E-state index in [0.717, 1.165) is 23.0 Å². The Hall–Kier alpha value is -6.26. The van der Waals surface area contributed by atoms with Crippen LogP contribution in [0.4, 0.5) is 33.7 Å². The van der Waals surface area contributed by atoms with Crippen LogP contribution in [0.5, 0.6) is 0 Å². The molecule has 2 bridgehead atoms. The number of pyridine rings is 1. The van der Waals surface area contributed by atoms with Gasteiger partial charge < -0.3 is 25.0 Å². The van der Waals surface area contributed by atoms with Crippen LogP contribution in [0, 0.1) is 16.4 Å². The zero-order valence-electron chi connectivity index (χ0n) is 28.8. The summed E-state index contributed by atoms with van der Waals surface area (Å²) >= 11 is 0. The number of amides is 2. The second-order valence-electron chi connectivity index (χ2n) is 13.0. The lowest BCUT2D eigenvalue weighted by Gasteiger charge is -2.26. The van der Waals surface area contributed by atoms with Crippen LogP contribution in [0.15, 0.2) is 67.1 Å². The fourth-order valence-electron chi connectivity index (χ4n) is 6.14. The van der Waals surface area contributed by atoms with Crippen molar-refractivity contribution in [1.82, 2.24) is 19.7 Å². The van der Waals surface area contributed by atoms with Crippen LogP contribution in [-0.2, 0) is 20.4 Å². The molecule has 3 N–H and O–H groups in total. The summed E-state index contributed by atoms with van der Waals surface area (Å²) in [7, 11) is 2.39. The topological polar surface area (TPSA) is 167 Å². The summed E-state index contributed by atoms with van der Waals surface area (Å²) in [4.78, 5) is 46.5.